The van der Waals surface area contributed by atoms with Gasteiger partial charge in [-0.05, 0) is 32.9 Å². The molecule has 1 aliphatic heterocycles. The topological polar surface area (TPSA) is 51.4 Å². The third kappa shape index (κ3) is 4.52. The summed E-state index contributed by atoms with van der Waals surface area (Å²) in [6.45, 7) is 6.20. The van der Waals surface area contributed by atoms with Gasteiger partial charge in [-0.1, -0.05) is 12.8 Å². The molecule has 1 atom stereocenters. The van der Waals surface area contributed by atoms with Crippen LogP contribution in [-0.4, -0.2) is 36.6 Å². The molecule has 1 aromatic rings. The number of ether oxygens (including phenoxy) is 1. The maximum Gasteiger partial charge on any atom is 0.0945 e. The minimum atomic E-state index is 0.0459. The Morgan fingerprint density at radius 1 is 1.30 bits per heavy atom. The number of hydrogen-bond donors (Lipinski definition) is 1. The van der Waals surface area contributed by atoms with Gasteiger partial charge in [0, 0.05) is 31.0 Å². The van der Waals surface area contributed by atoms with Gasteiger partial charge in [0.05, 0.1) is 17.3 Å². The lowest BCUT2D eigenvalue weighted by atomic mass is 10.2. The van der Waals surface area contributed by atoms with Crippen molar-refractivity contribution in [3.05, 3.63) is 15.6 Å². The molecule has 1 fully saturated rings. The second kappa shape index (κ2) is 8.08. The molecule has 2 rings (SSSR count). The third-order valence-corrected chi connectivity index (χ3v) is 5.17. The fourth-order valence-electron chi connectivity index (χ4n) is 2.73. The minimum Gasteiger partial charge on any atom is -0.378 e. The number of nitrogens with zero attached hydrogens (tertiary/aromatic N) is 2. The Labute approximate surface area is 126 Å². The number of aromatic nitrogens is 1. The molecule has 0 spiro atoms. The molecule has 114 valence electrons. The normalized spacial score (nSPS) is 18.9. The quantitative estimate of drug-likeness (QED) is 0.877. The average Bonchev–Trinajstić information content (AvgIpc) is 2.66. The number of hydrogen-bond acceptors (Lipinski definition) is 5. The predicted molar refractivity (Wildman–Crippen MR) is 84.0 cm³/mol. The van der Waals surface area contributed by atoms with Crippen molar-refractivity contribution >= 4 is 11.3 Å². The Balaban J connectivity index is 1.93. The molecule has 0 aromatic carbocycles. The summed E-state index contributed by atoms with van der Waals surface area (Å²) in [5.74, 6) is 0. The van der Waals surface area contributed by atoms with E-state index in [0.717, 1.165) is 18.7 Å². The zero-order chi connectivity index (χ0) is 14.4. The van der Waals surface area contributed by atoms with Crippen molar-refractivity contribution in [3.8, 4) is 0 Å². The van der Waals surface area contributed by atoms with Crippen LogP contribution in [0, 0.1) is 0 Å². The van der Waals surface area contributed by atoms with Crippen molar-refractivity contribution < 1.29 is 4.74 Å². The van der Waals surface area contributed by atoms with E-state index in [9.17, 15) is 0 Å². The summed E-state index contributed by atoms with van der Waals surface area (Å²) in [6.07, 6.45) is 6.50. The SMILES string of the molecule is COCc1nc(CCN2CCCCCC2)sc1C(C)N. The van der Waals surface area contributed by atoms with Crippen LogP contribution in [0.15, 0.2) is 0 Å². The summed E-state index contributed by atoms with van der Waals surface area (Å²) in [5, 5.41) is 1.20. The highest BCUT2D eigenvalue weighted by Crippen LogP contribution is 2.25. The molecule has 0 saturated carbocycles. The number of thiazole rings is 1. The lowest BCUT2D eigenvalue weighted by molar-refractivity contribution is 0.181. The Morgan fingerprint density at radius 3 is 2.60 bits per heavy atom. The summed E-state index contributed by atoms with van der Waals surface area (Å²) in [6, 6.07) is 0.0459. The zero-order valence-electron chi connectivity index (χ0n) is 12.7. The van der Waals surface area contributed by atoms with Crippen molar-refractivity contribution in [2.75, 3.05) is 26.7 Å². The first-order chi connectivity index (χ1) is 9.70. The standard InChI is InChI=1S/C15H27N3OS/c1-12(16)15-13(11-19-2)17-14(20-15)7-10-18-8-5-3-4-6-9-18/h12H,3-11,16H2,1-2H3. The van der Waals surface area contributed by atoms with Crippen molar-refractivity contribution in [2.45, 2.75) is 51.7 Å². The smallest absolute Gasteiger partial charge is 0.0945 e. The van der Waals surface area contributed by atoms with E-state index in [4.69, 9.17) is 15.5 Å². The summed E-state index contributed by atoms with van der Waals surface area (Å²) in [7, 11) is 1.71. The van der Waals surface area contributed by atoms with Crippen molar-refractivity contribution in [1.82, 2.24) is 9.88 Å². The molecule has 0 amide bonds. The zero-order valence-corrected chi connectivity index (χ0v) is 13.5. The lowest BCUT2D eigenvalue weighted by Crippen LogP contribution is -2.26. The molecule has 1 unspecified atom stereocenters. The first kappa shape index (κ1) is 15.9. The molecule has 0 radical (unpaired) electrons. The predicted octanol–water partition coefficient (Wildman–Crippen LogP) is 2.73. The third-order valence-electron chi connectivity index (χ3n) is 3.81. The molecule has 2 N–H and O–H groups in total. The Morgan fingerprint density at radius 2 is 2.00 bits per heavy atom. The maximum atomic E-state index is 6.02. The number of nitrogens with two attached hydrogens (primary N) is 1. The van der Waals surface area contributed by atoms with Crippen LogP contribution in [0.2, 0.25) is 0 Å². The van der Waals surface area contributed by atoms with Gasteiger partial charge >= 0.3 is 0 Å². The van der Waals surface area contributed by atoms with Crippen LogP contribution in [-0.2, 0) is 17.8 Å². The molecular weight excluding hydrogens is 270 g/mol. The van der Waals surface area contributed by atoms with Gasteiger partial charge in [-0.25, -0.2) is 4.98 Å². The van der Waals surface area contributed by atoms with Gasteiger partial charge in [0.25, 0.3) is 0 Å². The fourth-order valence-corrected chi connectivity index (χ4v) is 3.74. The van der Waals surface area contributed by atoms with Crippen molar-refractivity contribution in [2.24, 2.45) is 5.73 Å². The molecule has 2 heterocycles. The molecule has 4 nitrogen and oxygen atoms in total. The van der Waals surface area contributed by atoms with E-state index in [1.807, 2.05) is 6.92 Å². The largest absolute Gasteiger partial charge is 0.378 e. The van der Waals surface area contributed by atoms with Gasteiger partial charge < -0.3 is 15.4 Å². The van der Waals surface area contributed by atoms with Crippen LogP contribution in [0.4, 0.5) is 0 Å². The number of likely N-dealkylation sites (tertiary alicyclic amines) is 1. The Bertz CT molecular complexity index is 398. The molecule has 1 saturated heterocycles. The van der Waals surface area contributed by atoms with Crippen LogP contribution in [0.3, 0.4) is 0 Å². The average molecular weight is 297 g/mol. The van der Waals surface area contributed by atoms with E-state index in [-0.39, 0.29) is 6.04 Å². The van der Waals surface area contributed by atoms with Gasteiger partial charge in [-0.3, -0.25) is 0 Å². The van der Waals surface area contributed by atoms with Crippen LogP contribution >= 0.6 is 11.3 Å². The van der Waals surface area contributed by atoms with E-state index in [0.29, 0.717) is 6.61 Å². The maximum absolute atomic E-state index is 6.02. The van der Waals surface area contributed by atoms with Crippen LogP contribution in [0.5, 0.6) is 0 Å². The first-order valence-corrected chi connectivity index (χ1v) is 8.47. The first-order valence-electron chi connectivity index (χ1n) is 7.66. The highest BCUT2D eigenvalue weighted by atomic mass is 32.1. The van der Waals surface area contributed by atoms with Gasteiger partial charge in [-0.2, -0.15) is 0 Å². The molecule has 5 heteroatoms. The fraction of sp³-hybridized carbons (Fsp3) is 0.800. The molecule has 20 heavy (non-hydrogen) atoms. The van der Waals surface area contributed by atoms with Gasteiger partial charge in [0.2, 0.25) is 0 Å². The van der Waals surface area contributed by atoms with E-state index >= 15 is 0 Å². The molecule has 0 bridgehead atoms. The van der Waals surface area contributed by atoms with E-state index in [2.05, 4.69) is 4.90 Å². The molecule has 0 aliphatic carbocycles. The number of methoxy groups -OCH3 is 1. The molecule has 1 aromatic heterocycles. The van der Waals surface area contributed by atoms with E-state index in [1.165, 1.54) is 48.7 Å². The Kier molecular flexibility index (Phi) is 6.42. The highest BCUT2D eigenvalue weighted by Gasteiger charge is 2.15. The number of rotatable bonds is 6. The van der Waals surface area contributed by atoms with Gasteiger partial charge in [0.1, 0.15) is 0 Å². The summed E-state index contributed by atoms with van der Waals surface area (Å²) < 4.78 is 5.22. The van der Waals surface area contributed by atoms with E-state index < -0.39 is 0 Å². The van der Waals surface area contributed by atoms with E-state index in [1.54, 1.807) is 18.4 Å². The van der Waals surface area contributed by atoms with Gasteiger partial charge in [0.15, 0.2) is 0 Å². The van der Waals surface area contributed by atoms with Gasteiger partial charge in [-0.15, -0.1) is 11.3 Å². The molecular formula is C15H27N3OS. The van der Waals surface area contributed by atoms with Crippen molar-refractivity contribution in [3.63, 3.8) is 0 Å². The van der Waals surface area contributed by atoms with Crippen LogP contribution < -0.4 is 5.73 Å². The monoisotopic (exact) mass is 297 g/mol. The second-order valence-corrected chi connectivity index (χ2v) is 6.76. The highest BCUT2D eigenvalue weighted by molar-refractivity contribution is 7.11. The summed E-state index contributed by atoms with van der Waals surface area (Å²) >= 11 is 1.76. The van der Waals surface area contributed by atoms with Crippen LogP contribution in [0.25, 0.3) is 0 Å². The summed E-state index contributed by atoms with van der Waals surface area (Å²) in [5.41, 5.74) is 7.05. The molecule has 1 aliphatic rings. The second-order valence-electron chi connectivity index (χ2n) is 5.65. The lowest BCUT2D eigenvalue weighted by Gasteiger charge is -2.18. The van der Waals surface area contributed by atoms with Crippen molar-refractivity contribution in [1.29, 1.82) is 0 Å². The Hall–Kier alpha value is -0.490. The van der Waals surface area contributed by atoms with Crippen LogP contribution in [0.1, 0.15) is 54.2 Å². The minimum absolute atomic E-state index is 0.0459. The summed E-state index contributed by atoms with van der Waals surface area (Å²) in [4.78, 5) is 8.47.